The summed E-state index contributed by atoms with van der Waals surface area (Å²) in [6.07, 6.45) is -4.94. The summed E-state index contributed by atoms with van der Waals surface area (Å²) in [6, 6.07) is 1.88. The molecular formula is C12H10F3NO4. The van der Waals surface area contributed by atoms with Gasteiger partial charge in [-0.25, -0.2) is 9.78 Å². The first-order valence-corrected chi connectivity index (χ1v) is 5.61. The molecule has 0 saturated heterocycles. The molecule has 2 rings (SSSR count). The summed E-state index contributed by atoms with van der Waals surface area (Å²) in [5.41, 5.74) is -0.591. The lowest BCUT2D eigenvalue weighted by atomic mass is 10.2. The minimum atomic E-state index is -4.94. The molecule has 0 saturated carbocycles. The maximum Gasteiger partial charge on any atom is 0.573 e. The highest BCUT2D eigenvalue weighted by molar-refractivity contribution is 5.94. The van der Waals surface area contributed by atoms with Crippen molar-refractivity contribution in [1.29, 1.82) is 0 Å². The molecule has 1 N–H and O–H groups in total. The second kappa shape index (κ2) is 4.69. The van der Waals surface area contributed by atoms with Crippen molar-refractivity contribution in [2.45, 2.75) is 26.1 Å². The second-order valence-corrected chi connectivity index (χ2v) is 4.38. The normalized spacial score (nSPS) is 12.1. The number of benzene rings is 1. The predicted molar refractivity (Wildman–Crippen MR) is 61.7 cm³/mol. The van der Waals surface area contributed by atoms with E-state index < -0.39 is 18.1 Å². The van der Waals surface area contributed by atoms with Crippen molar-refractivity contribution >= 4 is 17.1 Å². The summed E-state index contributed by atoms with van der Waals surface area (Å²) in [5.74, 6) is -2.03. The van der Waals surface area contributed by atoms with Gasteiger partial charge in [0.25, 0.3) is 0 Å². The van der Waals surface area contributed by atoms with E-state index in [1.165, 1.54) is 0 Å². The third-order valence-corrected chi connectivity index (χ3v) is 2.44. The van der Waals surface area contributed by atoms with Crippen molar-refractivity contribution in [3.63, 3.8) is 0 Å². The Balaban J connectivity index is 2.65. The molecule has 0 unspecified atom stereocenters. The zero-order valence-electron chi connectivity index (χ0n) is 10.5. The van der Waals surface area contributed by atoms with Gasteiger partial charge in [-0.2, -0.15) is 0 Å². The number of oxazole rings is 1. The summed E-state index contributed by atoms with van der Waals surface area (Å²) in [7, 11) is 0. The van der Waals surface area contributed by atoms with Crippen LogP contribution >= 0.6 is 0 Å². The molecule has 1 aromatic heterocycles. The molecular weight excluding hydrogens is 279 g/mol. The Bertz CT molecular complexity index is 661. The van der Waals surface area contributed by atoms with Gasteiger partial charge in [0.05, 0.1) is 5.56 Å². The lowest BCUT2D eigenvalue weighted by molar-refractivity contribution is -0.274. The van der Waals surface area contributed by atoms with Gasteiger partial charge in [-0.3, -0.25) is 0 Å². The number of alkyl halides is 3. The summed E-state index contributed by atoms with van der Waals surface area (Å²) in [4.78, 5) is 14.8. The molecule has 0 amide bonds. The zero-order chi connectivity index (χ0) is 15.1. The topological polar surface area (TPSA) is 72.6 Å². The van der Waals surface area contributed by atoms with E-state index in [0.29, 0.717) is 0 Å². The highest BCUT2D eigenvalue weighted by atomic mass is 19.4. The van der Waals surface area contributed by atoms with Crippen LogP contribution in [-0.4, -0.2) is 22.4 Å². The van der Waals surface area contributed by atoms with Crippen LogP contribution in [0.5, 0.6) is 5.75 Å². The van der Waals surface area contributed by atoms with Gasteiger partial charge in [0.1, 0.15) is 0 Å². The number of aromatic carboxylic acids is 1. The average Bonchev–Trinajstić information content (AvgIpc) is 2.70. The number of carboxylic acid groups (broad SMARTS) is 1. The van der Waals surface area contributed by atoms with Gasteiger partial charge < -0.3 is 14.3 Å². The number of carboxylic acids is 1. The van der Waals surface area contributed by atoms with Gasteiger partial charge in [0.2, 0.25) is 0 Å². The van der Waals surface area contributed by atoms with Crippen LogP contribution in [0.3, 0.4) is 0 Å². The van der Waals surface area contributed by atoms with Gasteiger partial charge in [-0.1, -0.05) is 13.8 Å². The van der Waals surface area contributed by atoms with Gasteiger partial charge in [0, 0.05) is 5.92 Å². The number of hydrogen-bond acceptors (Lipinski definition) is 4. The molecule has 0 aliphatic rings. The van der Waals surface area contributed by atoms with Crippen molar-refractivity contribution in [3.8, 4) is 5.75 Å². The van der Waals surface area contributed by atoms with Crippen molar-refractivity contribution in [1.82, 2.24) is 4.98 Å². The Kier molecular flexibility index (Phi) is 3.33. The zero-order valence-corrected chi connectivity index (χ0v) is 10.5. The van der Waals surface area contributed by atoms with Crippen LogP contribution in [0, 0.1) is 0 Å². The molecule has 20 heavy (non-hydrogen) atoms. The number of ether oxygens (including phenoxy) is 1. The second-order valence-electron chi connectivity index (χ2n) is 4.38. The van der Waals surface area contributed by atoms with Crippen LogP contribution < -0.4 is 4.74 Å². The SMILES string of the molecule is CC(C)c1nc2c(OC(F)(F)F)cc(C(=O)O)cc2o1. The quantitative estimate of drug-likeness (QED) is 0.935. The highest BCUT2D eigenvalue weighted by Crippen LogP contribution is 2.33. The van der Waals surface area contributed by atoms with E-state index in [1.807, 2.05) is 0 Å². The van der Waals surface area contributed by atoms with E-state index in [2.05, 4.69) is 9.72 Å². The largest absolute Gasteiger partial charge is 0.573 e. The van der Waals surface area contributed by atoms with E-state index in [-0.39, 0.29) is 28.5 Å². The van der Waals surface area contributed by atoms with Crippen molar-refractivity contribution in [2.24, 2.45) is 0 Å². The molecule has 0 fully saturated rings. The number of hydrogen-bond donors (Lipinski definition) is 1. The fourth-order valence-electron chi connectivity index (χ4n) is 1.59. The molecule has 0 spiro atoms. The minimum absolute atomic E-state index is 0.0622. The lowest BCUT2D eigenvalue weighted by Gasteiger charge is -2.09. The number of nitrogens with zero attached hydrogens (tertiary/aromatic N) is 1. The van der Waals surface area contributed by atoms with E-state index in [9.17, 15) is 18.0 Å². The maximum absolute atomic E-state index is 12.3. The number of fused-ring (bicyclic) bond motifs is 1. The number of carbonyl (C=O) groups is 1. The summed E-state index contributed by atoms with van der Waals surface area (Å²) in [6.45, 7) is 3.49. The van der Waals surface area contributed by atoms with Crippen LogP contribution in [0.15, 0.2) is 16.5 Å². The van der Waals surface area contributed by atoms with Crippen LogP contribution in [-0.2, 0) is 0 Å². The van der Waals surface area contributed by atoms with Crippen LogP contribution in [0.1, 0.15) is 36.0 Å². The maximum atomic E-state index is 12.3. The molecule has 2 aromatic rings. The van der Waals surface area contributed by atoms with Crippen LogP contribution in [0.2, 0.25) is 0 Å². The standard InChI is InChI=1S/C12H10F3NO4/c1-5(2)10-16-9-7(19-10)3-6(11(17)18)4-8(9)20-12(13,14)15/h3-5H,1-2H3,(H,17,18). The van der Waals surface area contributed by atoms with E-state index in [1.54, 1.807) is 13.8 Å². The molecule has 0 aliphatic heterocycles. The Hall–Kier alpha value is -2.25. The van der Waals surface area contributed by atoms with E-state index >= 15 is 0 Å². The van der Waals surface area contributed by atoms with Crippen LogP contribution in [0.25, 0.3) is 11.1 Å². The monoisotopic (exact) mass is 289 g/mol. The third kappa shape index (κ3) is 2.84. The molecule has 108 valence electrons. The minimum Gasteiger partial charge on any atom is -0.478 e. The highest BCUT2D eigenvalue weighted by Gasteiger charge is 2.33. The average molecular weight is 289 g/mol. The van der Waals surface area contributed by atoms with Crippen molar-refractivity contribution in [2.75, 3.05) is 0 Å². The lowest BCUT2D eigenvalue weighted by Crippen LogP contribution is -2.17. The van der Waals surface area contributed by atoms with Gasteiger partial charge in [-0.05, 0) is 12.1 Å². The smallest absolute Gasteiger partial charge is 0.478 e. The van der Waals surface area contributed by atoms with Gasteiger partial charge in [-0.15, -0.1) is 13.2 Å². The molecule has 1 heterocycles. The first kappa shape index (κ1) is 14.2. The molecule has 8 heteroatoms. The summed E-state index contributed by atoms with van der Waals surface area (Å²) in [5, 5.41) is 8.88. The number of aromatic nitrogens is 1. The fraction of sp³-hybridized carbons (Fsp3) is 0.333. The van der Waals surface area contributed by atoms with Crippen molar-refractivity contribution in [3.05, 3.63) is 23.6 Å². The van der Waals surface area contributed by atoms with E-state index in [4.69, 9.17) is 9.52 Å². The molecule has 0 aliphatic carbocycles. The molecule has 0 atom stereocenters. The third-order valence-electron chi connectivity index (χ3n) is 2.44. The molecule has 1 aromatic carbocycles. The molecule has 0 bridgehead atoms. The van der Waals surface area contributed by atoms with Gasteiger partial charge in [0.15, 0.2) is 22.7 Å². The molecule has 0 radical (unpaired) electrons. The summed E-state index contributed by atoms with van der Waals surface area (Å²) < 4.78 is 46.1. The van der Waals surface area contributed by atoms with Gasteiger partial charge >= 0.3 is 12.3 Å². The number of rotatable bonds is 3. The Morgan fingerprint density at radius 2 is 2.05 bits per heavy atom. The van der Waals surface area contributed by atoms with Crippen LogP contribution in [0.4, 0.5) is 13.2 Å². The van der Waals surface area contributed by atoms with Crippen molar-refractivity contribution < 1.29 is 32.2 Å². The summed E-state index contributed by atoms with van der Waals surface area (Å²) >= 11 is 0. The molecule has 5 nitrogen and oxygen atoms in total. The first-order chi connectivity index (χ1) is 9.17. The Morgan fingerprint density at radius 3 is 2.55 bits per heavy atom. The fourth-order valence-corrected chi connectivity index (χ4v) is 1.59. The van der Waals surface area contributed by atoms with E-state index in [0.717, 1.165) is 12.1 Å². The first-order valence-electron chi connectivity index (χ1n) is 5.61. The Labute approximate surface area is 111 Å². The number of halogens is 3. The Morgan fingerprint density at radius 1 is 1.40 bits per heavy atom. The predicted octanol–water partition coefficient (Wildman–Crippen LogP) is 3.55.